The SMILES string of the molecule is C=CCn1c(-c2cccc(OC)c2)ccc(C#N)c1=O.C=CCn1c(-c2cccc(OC)c2)ccc(C(=O)NCCCN2CCCCC2)c1=O.C=CCn1c(-c2cccc(OC)c2)ccc(C(=O)O)c1=O.COc1cccc(-c2ccc(C(=O)NCCCN3CCCCC3)c(=O)n2CC(=O)CC(C)C)c1.COc1cccc(-c2ccc(C(=O)NCCCN3CCCCC3)c(=O)n2CC(=O)O)c1.NCCCN1CCCCC1. The second-order valence-electron chi connectivity index (χ2n) is 36.2. The molecule has 4 aliphatic heterocycles. The van der Waals surface area contributed by atoms with Crippen molar-refractivity contribution in [3.8, 4) is 91.1 Å². The summed E-state index contributed by atoms with van der Waals surface area (Å²) in [5.41, 5.74) is 10.1. The number of nitriles is 1. The van der Waals surface area contributed by atoms with Gasteiger partial charge in [-0.1, -0.05) is 118 Å². The Hall–Kier alpha value is -14.6. The molecule has 4 aliphatic rings. The molecule has 778 valence electrons. The third-order valence-electron chi connectivity index (χ3n) is 25.3. The number of ketones is 1. The second-order valence-corrected chi connectivity index (χ2v) is 36.2. The minimum absolute atomic E-state index is 0.0414. The van der Waals surface area contributed by atoms with Crippen molar-refractivity contribution in [2.24, 2.45) is 11.7 Å². The zero-order valence-corrected chi connectivity index (χ0v) is 85.6. The van der Waals surface area contributed by atoms with E-state index in [-0.39, 0.29) is 69.6 Å². The first-order valence-electron chi connectivity index (χ1n) is 50.3. The van der Waals surface area contributed by atoms with E-state index in [1.54, 1.807) is 124 Å². The van der Waals surface area contributed by atoms with E-state index in [1.165, 1.54) is 142 Å². The third kappa shape index (κ3) is 35.1. The lowest BCUT2D eigenvalue weighted by molar-refractivity contribution is -0.137. The smallest absolute Gasteiger partial charge is 0.341 e. The Kier molecular flexibility index (Phi) is 48.4. The number of nitrogens with zero attached hydrogens (tertiary/aromatic N) is 10. The van der Waals surface area contributed by atoms with Crippen LogP contribution in [0, 0.1) is 17.2 Å². The number of carbonyl (C=O) groups is 6. The number of Topliss-reactive ketones (excluding diaryl/α,β-unsaturated/α-hetero) is 1. The summed E-state index contributed by atoms with van der Waals surface area (Å²) in [5.74, 6) is -0.143. The van der Waals surface area contributed by atoms with Crippen LogP contribution < -0.4 is 73.2 Å². The van der Waals surface area contributed by atoms with E-state index in [0.29, 0.717) is 90.5 Å². The van der Waals surface area contributed by atoms with Crippen LogP contribution in [0.5, 0.6) is 28.7 Å². The summed E-state index contributed by atoms with van der Waals surface area (Å²) in [6.07, 6.45) is 24.4. The van der Waals surface area contributed by atoms with E-state index in [1.807, 2.05) is 111 Å². The number of rotatable bonds is 41. The molecule has 5 aromatic heterocycles. The molecule has 0 unspecified atom stereocenters. The predicted molar refractivity (Wildman–Crippen MR) is 573 cm³/mol. The Bertz CT molecular complexity index is 6360. The van der Waals surface area contributed by atoms with Gasteiger partial charge in [0, 0.05) is 73.5 Å². The molecule has 5 aromatic carbocycles. The molecule has 0 radical (unpaired) electrons. The van der Waals surface area contributed by atoms with Gasteiger partial charge in [-0.3, -0.25) is 52.5 Å². The number of carboxylic acids is 2. The number of likely N-dealkylation sites (tertiary alicyclic amines) is 4. The molecule has 3 amide bonds. The lowest BCUT2D eigenvalue weighted by Crippen LogP contribution is -2.36. The van der Waals surface area contributed by atoms with Crippen molar-refractivity contribution >= 4 is 35.4 Å². The highest BCUT2D eigenvalue weighted by Crippen LogP contribution is 2.30. The summed E-state index contributed by atoms with van der Waals surface area (Å²) in [6.45, 7) is 31.0. The third-order valence-corrected chi connectivity index (χ3v) is 25.3. The highest BCUT2D eigenvalue weighted by atomic mass is 16.5. The Morgan fingerprint density at radius 3 is 0.911 bits per heavy atom. The molecular weight excluding hydrogens is 1850 g/mol. The summed E-state index contributed by atoms with van der Waals surface area (Å²) in [5, 5.41) is 35.9. The van der Waals surface area contributed by atoms with Gasteiger partial charge in [0.2, 0.25) is 0 Å². The first-order chi connectivity index (χ1) is 70.7. The molecule has 146 heavy (non-hydrogen) atoms. The largest absolute Gasteiger partial charge is 0.497 e. The molecule has 4 fully saturated rings. The van der Waals surface area contributed by atoms with Crippen molar-refractivity contribution in [3.63, 3.8) is 0 Å². The monoisotopic (exact) mass is 2000 g/mol. The minimum Gasteiger partial charge on any atom is -0.497 e. The van der Waals surface area contributed by atoms with Crippen LogP contribution in [-0.4, -0.2) is 228 Å². The van der Waals surface area contributed by atoms with Crippen molar-refractivity contribution in [1.82, 2.24) is 58.4 Å². The molecule has 14 rings (SSSR count). The van der Waals surface area contributed by atoms with Gasteiger partial charge in [-0.15, -0.1) is 19.7 Å². The highest BCUT2D eigenvalue weighted by Gasteiger charge is 2.25. The fraction of sp³-hybridized carbons (Fsp3) is 0.404. The number of aromatic nitrogens is 5. The number of piperidine rings is 4. The fourth-order valence-electron chi connectivity index (χ4n) is 17.8. The van der Waals surface area contributed by atoms with Crippen LogP contribution in [0.1, 0.15) is 170 Å². The Morgan fingerprint density at radius 2 is 0.637 bits per heavy atom. The Balaban J connectivity index is 0.000000200. The van der Waals surface area contributed by atoms with Crippen LogP contribution in [0.4, 0.5) is 0 Å². The zero-order chi connectivity index (χ0) is 105. The molecule has 32 heteroatoms. The summed E-state index contributed by atoms with van der Waals surface area (Å²) in [6, 6.07) is 54.4. The number of nitrogens with two attached hydrogens (primary N) is 1. The number of carboxylic acid groups (broad SMARTS) is 2. The predicted octanol–water partition coefficient (Wildman–Crippen LogP) is 15.1. The maximum absolute atomic E-state index is 13.4. The van der Waals surface area contributed by atoms with E-state index in [9.17, 15) is 57.8 Å². The van der Waals surface area contributed by atoms with Gasteiger partial charge in [-0.2, -0.15) is 5.26 Å². The minimum atomic E-state index is -1.24. The number of carbonyl (C=O) groups excluding carboxylic acids is 4. The number of aromatic carboxylic acids is 1. The first kappa shape index (κ1) is 115. The molecule has 32 nitrogen and oxygen atoms in total. The van der Waals surface area contributed by atoms with Crippen LogP contribution in [0.3, 0.4) is 0 Å². The Labute approximate surface area is 855 Å². The van der Waals surface area contributed by atoms with Gasteiger partial charge in [0.15, 0.2) is 5.78 Å². The van der Waals surface area contributed by atoms with Gasteiger partial charge in [-0.05, 0) is 289 Å². The normalized spacial score (nSPS) is 13.5. The van der Waals surface area contributed by atoms with Crippen molar-refractivity contribution in [2.75, 3.05) is 140 Å². The summed E-state index contributed by atoms with van der Waals surface area (Å²) < 4.78 is 33.2. The number of amides is 3. The van der Waals surface area contributed by atoms with Crippen LogP contribution in [0.2, 0.25) is 0 Å². The number of ether oxygens (including phenoxy) is 5. The molecule has 0 aliphatic carbocycles. The van der Waals surface area contributed by atoms with Crippen LogP contribution >= 0.6 is 0 Å². The maximum Gasteiger partial charge on any atom is 0.341 e. The number of aliphatic carboxylic acids is 1. The van der Waals surface area contributed by atoms with Crippen LogP contribution in [0.25, 0.3) is 56.3 Å². The van der Waals surface area contributed by atoms with E-state index in [0.717, 1.165) is 123 Å². The molecule has 7 N–H and O–H groups in total. The lowest BCUT2D eigenvalue weighted by atomic mass is 10.1. The Morgan fingerprint density at radius 1 is 0.370 bits per heavy atom. The number of allylic oxidation sites excluding steroid dienone is 3. The topological polar surface area (TPSA) is 398 Å². The van der Waals surface area contributed by atoms with Gasteiger partial charge >= 0.3 is 11.9 Å². The van der Waals surface area contributed by atoms with Gasteiger partial charge in [0.1, 0.15) is 69.2 Å². The van der Waals surface area contributed by atoms with Crippen molar-refractivity contribution < 1.29 is 62.7 Å². The van der Waals surface area contributed by atoms with E-state index >= 15 is 0 Å². The van der Waals surface area contributed by atoms with Gasteiger partial charge in [0.05, 0.1) is 70.6 Å². The molecule has 0 saturated carbocycles. The molecule has 0 atom stereocenters. The number of hydrogen-bond donors (Lipinski definition) is 6. The van der Waals surface area contributed by atoms with Crippen LogP contribution in [-0.2, 0) is 42.3 Å². The first-order valence-corrected chi connectivity index (χ1v) is 50.3. The quantitative estimate of drug-likeness (QED) is 0.0153. The molecule has 9 heterocycles. The number of pyridine rings is 5. The number of benzene rings is 5. The summed E-state index contributed by atoms with van der Waals surface area (Å²) >= 11 is 0. The van der Waals surface area contributed by atoms with Crippen LogP contribution in [0.15, 0.2) is 244 Å². The molecule has 4 saturated heterocycles. The summed E-state index contributed by atoms with van der Waals surface area (Å²) in [7, 11) is 7.87. The standard InChI is InChI=1S/C27H37N3O4.C24H31N3O3.C23H29N3O5.C16H14N2O2.C16H15NO4.C8H18N2/c1-20(2)17-22(31)19-30-25(21-9-7-10-23(18-21)34-3)12-11-24(27(30)33)26(32)28-13-8-16-29-14-5-4-6-15-29;1-3-14-27-22(19-9-7-10-20(18-19)30-2)12-11-21(24(27)29)23(28)25-13-8-17-26-15-5-4-6-16-26;1-31-18-8-5-7-17(15-18)20-10-9-19(23(30)26(20)16-21(27)28)22(29)24-11-6-14-25-12-3-2-4-13-25;1-3-9-18-15(8-7-13(11-17)16(18)19)12-5-4-6-14(10-12)20-2;1-3-9-17-14(8-7-13(15(17)18)16(19)20)11-5-4-6-12(10-11)21-2;9-5-4-8-10-6-2-1-3-7-10/h7,9-12,18,20H,4-6,8,13-17,19H2,1-3H3,(H,28,32);3,7,9-12,18H,1,4-6,8,13-17H2,2H3,(H,25,28);5,7-10,15H,2-4,6,11-14,16H2,1H3,(H,24,29)(H,27,28);3-8,10H,1,9H2,2H3;3-8,10H,1,9H2,2H3,(H,19,20);1-9H2. The maximum atomic E-state index is 13.4. The summed E-state index contributed by atoms with van der Waals surface area (Å²) in [4.78, 5) is 147. The van der Waals surface area contributed by atoms with E-state index < -0.39 is 47.0 Å². The number of methoxy groups -OCH3 is 5. The van der Waals surface area contributed by atoms with Crippen molar-refractivity contribution in [3.05, 3.63) is 300 Å². The molecule has 0 spiro atoms. The van der Waals surface area contributed by atoms with Gasteiger partial charge in [0.25, 0.3) is 45.5 Å². The number of nitrogens with one attached hydrogen (secondary N) is 3. The lowest BCUT2D eigenvalue weighted by Gasteiger charge is -2.26. The average Bonchev–Trinajstić information content (AvgIpc) is 0.812. The zero-order valence-electron chi connectivity index (χ0n) is 85.6. The number of hydrogen-bond acceptors (Lipinski definition) is 22. The van der Waals surface area contributed by atoms with Crippen molar-refractivity contribution in [1.29, 1.82) is 5.26 Å². The van der Waals surface area contributed by atoms with E-state index in [4.69, 9.17) is 39.8 Å². The molecule has 0 bridgehead atoms. The van der Waals surface area contributed by atoms with Gasteiger partial charge < -0.3 is 93.4 Å². The molecular formula is C114H144N14O18. The van der Waals surface area contributed by atoms with E-state index in [2.05, 4.69) is 55.3 Å². The van der Waals surface area contributed by atoms with Gasteiger partial charge in [-0.25, -0.2) is 4.79 Å². The molecule has 10 aromatic rings. The second kappa shape index (κ2) is 61.5. The van der Waals surface area contributed by atoms with Crippen molar-refractivity contribution in [2.45, 2.75) is 156 Å². The fourth-order valence-corrected chi connectivity index (χ4v) is 17.8. The average molecular weight is 2000 g/mol. The highest BCUT2D eigenvalue weighted by molar-refractivity contribution is 5.96.